The Kier molecular flexibility index (Phi) is 4.45. The van der Waals surface area contributed by atoms with E-state index in [1.165, 1.54) is 6.07 Å². The largest absolute Gasteiger partial charge is 0.451 e. The molecule has 0 saturated carbocycles. The summed E-state index contributed by atoms with van der Waals surface area (Å²) in [5.74, 6) is 0.138. The number of nitrogens with zero attached hydrogens (tertiary/aromatic N) is 3. The van der Waals surface area contributed by atoms with Gasteiger partial charge in [0.15, 0.2) is 5.76 Å². The average molecular weight is 386 g/mol. The Morgan fingerprint density at radius 2 is 1.81 bits per heavy atom. The molecule has 0 N–H and O–H groups in total. The van der Waals surface area contributed by atoms with E-state index in [9.17, 15) is 14.9 Å². The number of anilines is 1. The number of nitro benzene ring substituents is 1. The van der Waals surface area contributed by atoms with Crippen molar-refractivity contribution in [3.63, 3.8) is 0 Å². The fraction of sp³-hybridized carbons (Fsp3) is 0.211. The fourth-order valence-corrected chi connectivity index (χ4v) is 3.47. The lowest BCUT2D eigenvalue weighted by Crippen LogP contribution is -2.48. The first-order valence-electron chi connectivity index (χ1n) is 8.49. The Morgan fingerprint density at radius 3 is 2.52 bits per heavy atom. The van der Waals surface area contributed by atoms with Crippen LogP contribution in [0.25, 0.3) is 11.0 Å². The van der Waals surface area contributed by atoms with Gasteiger partial charge in [0.05, 0.1) is 4.92 Å². The van der Waals surface area contributed by atoms with Crippen LogP contribution in [0.5, 0.6) is 0 Å². The van der Waals surface area contributed by atoms with E-state index in [0.717, 1.165) is 5.39 Å². The van der Waals surface area contributed by atoms with Crippen molar-refractivity contribution in [2.75, 3.05) is 31.1 Å². The topological polar surface area (TPSA) is 79.8 Å². The molecule has 8 heteroatoms. The quantitative estimate of drug-likeness (QED) is 0.503. The summed E-state index contributed by atoms with van der Waals surface area (Å²) >= 11 is 5.88. The molecule has 3 aromatic rings. The molecular weight excluding hydrogens is 370 g/mol. The highest BCUT2D eigenvalue weighted by atomic mass is 35.5. The predicted molar refractivity (Wildman–Crippen MR) is 102 cm³/mol. The van der Waals surface area contributed by atoms with Crippen molar-refractivity contribution in [1.29, 1.82) is 0 Å². The molecule has 2 heterocycles. The highest BCUT2D eigenvalue weighted by Gasteiger charge is 2.27. The summed E-state index contributed by atoms with van der Waals surface area (Å²) in [5.41, 5.74) is 1.16. The number of carbonyl (C=O) groups is 1. The van der Waals surface area contributed by atoms with E-state index in [1.54, 1.807) is 23.1 Å². The second-order valence-electron chi connectivity index (χ2n) is 6.32. The number of hydrogen-bond acceptors (Lipinski definition) is 5. The van der Waals surface area contributed by atoms with Gasteiger partial charge in [-0.3, -0.25) is 14.9 Å². The van der Waals surface area contributed by atoms with Crippen LogP contribution in [0.2, 0.25) is 5.02 Å². The number of amides is 1. The minimum absolute atomic E-state index is 0.0282. The molecule has 1 saturated heterocycles. The van der Waals surface area contributed by atoms with Crippen LogP contribution in [-0.2, 0) is 0 Å². The van der Waals surface area contributed by atoms with Crippen molar-refractivity contribution >= 4 is 39.9 Å². The molecule has 2 aromatic carbocycles. The van der Waals surface area contributed by atoms with Crippen LogP contribution >= 0.6 is 11.6 Å². The van der Waals surface area contributed by atoms with Crippen LogP contribution < -0.4 is 4.90 Å². The Balaban J connectivity index is 1.49. The lowest BCUT2D eigenvalue weighted by atomic mass is 10.2. The molecular formula is C19H16ClN3O4. The van der Waals surface area contributed by atoms with Gasteiger partial charge >= 0.3 is 0 Å². The SMILES string of the molecule is O=C(c1cc2ccccc2o1)N1CCN(c2ccc(Cl)cc2[N+](=O)[O-])CC1. The summed E-state index contributed by atoms with van der Waals surface area (Å²) in [6.07, 6.45) is 0. The maximum Gasteiger partial charge on any atom is 0.294 e. The fourth-order valence-electron chi connectivity index (χ4n) is 3.30. The van der Waals surface area contributed by atoms with Crippen LogP contribution in [0.1, 0.15) is 10.6 Å². The molecule has 1 amide bonds. The van der Waals surface area contributed by atoms with Gasteiger partial charge in [-0.1, -0.05) is 29.8 Å². The zero-order valence-electron chi connectivity index (χ0n) is 14.3. The molecule has 1 aliphatic rings. The van der Waals surface area contributed by atoms with Crippen LogP contribution in [0.15, 0.2) is 52.9 Å². The predicted octanol–water partition coefficient (Wildman–Crippen LogP) is 3.96. The number of piperazine rings is 1. The van der Waals surface area contributed by atoms with Crippen molar-refractivity contribution in [3.05, 3.63) is 69.4 Å². The number of rotatable bonds is 3. The number of furan rings is 1. The van der Waals surface area contributed by atoms with Crippen molar-refractivity contribution in [1.82, 2.24) is 4.90 Å². The summed E-state index contributed by atoms with van der Waals surface area (Å²) in [6.45, 7) is 1.90. The summed E-state index contributed by atoms with van der Waals surface area (Å²) in [6, 6.07) is 13.8. The van der Waals surface area contributed by atoms with E-state index in [2.05, 4.69) is 0 Å². The van der Waals surface area contributed by atoms with Crippen LogP contribution in [0.3, 0.4) is 0 Å². The molecule has 0 unspecified atom stereocenters. The zero-order valence-corrected chi connectivity index (χ0v) is 15.1. The first kappa shape index (κ1) is 17.4. The van der Waals surface area contributed by atoms with Gasteiger partial charge in [0.2, 0.25) is 0 Å². The molecule has 7 nitrogen and oxygen atoms in total. The highest BCUT2D eigenvalue weighted by molar-refractivity contribution is 6.30. The maximum absolute atomic E-state index is 12.7. The lowest BCUT2D eigenvalue weighted by molar-refractivity contribution is -0.384. The molecule has 0 spiro atoms. The Hall–Kier alpha value is -3.06. The van der Waals surface area contributed by atoms with Gasteiger partial charge in [0.25, 0.3) is 11.6 Å². The third kappa shape index (κ3) is 3.33. The highest BCUT2D eigenvalue weighted by Crippen LogP contribution is 2.32. The molecule has 27 heavy (non-hydrogen) atoms. The molecule has 0 radical (unpaired) electrons. The Labute approximate surface area is 159 Å². The van der Waals surface area contributed by atoms with Crippen LogP contribution in [0, 0.1) is 10.1 Å². The first-order chi connectivity index (χ1) is 13.0. The monoisotopic (exact) mass is 385 g/mol. The molecule has 0 atom stereocenters. The van der Waals surface area contributed by atoms with Crippen molar-refractivity contribution in [3.8, 4) is 0 Å². The molecule has 0 bridgehead atoms. The number of para-hydroxylation sites is 1. The molecule has 0 aliphatic carbocycles. The number of benzene rings is 2. The van der Waals surface area contributed by atoms with Crippen LogP contribution in [-0.4, -0.2) is 41.9 Å². The number of nitro groups is 1. The van der Waals surface area contributed by atoms with E-state index in [4.69, 9.17) is 16.0 Å². The maximum atomic E-state index is 12.7. The van der Waals surface area contributed by atoms with Gasteiger partial charge < -0.3 is 14.2 Å². The second-order valence-corrected chi connectivity index (χ2v) is 6.75. The van der Waals surface area contributed by atoms with Gasteiger partial charge in [0, 0.05) is 42.7 Å². The van der Waals surface area contributed by atoms with Crippen molar-refractivity contribution in [2.24, 2.45) is 0 Å². The van der Waals surface area contributed by atoms with E-state index in [1.807, 2.05) is 29.2 Å². The molecule has 1 aliphatic heterocycles. The molecule has 1 aromatic heterocycles. The summed E-state index contributed by atoms with van der Waals surface area (Å²) in [7, 11) is 0. The van der Waals surface area contributed by atoms with E-state index in [0.29, 0.717) is 48.2 Å². The third-order valence-corrected chi connectivity index (χ3v) is 4.91. The first-order valence-corrected chi connectivity index (χ1v) is 8.87. The Morgan fingerprint density at radius 1 is 1.07 bits per heavy atom. The number of fused-ring (bicyclic) bond motifs is 1. The standard InChI is InChI=1S/C19H16ClN3O4/c20-14-5-6-15(16(12-14)23(25)26)21-7-9-22(10-8-21)19(24)18-11-13-3-1-2-4-17(13)27-18/h1-6,11-12H,7-10H2. The van der Waals surface area contributed by atoms with E-state index in [-0.39, 0.29) is 11.6 Å². The van der Waals surface area contributed by atoms with Crippen molar-refractivity contribution < 1.29 is 14.1 Å². The average Bonchev–Trinajstić information content (AvgIpc) is 3.11. The number of carbonyl (C=O) groups excluding carboxylic acids is 1. The van der Waals surface area contributed by atoms with Gasteiger partial charge in [-0.25, -0.2) is 0 Å². The van der Waals surface area contributed by atoms with Gasteiger partial charge in [-0.2, -0.15) is 0 Å². The normalized spacial score (nSPS) is 14.6. The third-order valence-electron chi connectivity index (χ3n) is 4.68. The second kappa shape index (κ2) is 6.92. The Bertz CT molecular complexity index is 992. The number of hydrogen-bond donors (Lipinski definition) is 0. The molecule has 138 valence electrons. The summed E-state index contributed by atoms with van der Waals surface area (Å²) < 4.78 is 5.65. The van der Waals surface area contributed by atoms with E-state index < -0.39 is 4.92 Å². The van der Waals surface area contributed by atoms with Gasteiger partial charge in [-0.15, -0.1) is 0 Å². The summed E-state index contributed by atoms with van der Waals surface area (Å²) in [5, 5.41) is 12.5. The van der Waals surface area contributed by atoms with Gasteiger partial charge in [0.1, 0.15) is 11.3 Å². The molecule has 4 rings (SSSR count). The number of halogens is 1. The minimum atomic E-state index is -0.437. The van der Waals surface area contributed by atoms with Gasteiger partial charge in [-0.05, 0) is 24.3 Å². The van der Waals surface area contributed by atoms with Crippen molar-refractivity contribution in [2.45, 2.75) is 0 Å². The summed E-state index contributed by atoms with van der Waals surface area (Å²) in [4.78, 5) is 27.2. The zero-order chi connectivity index (χ0) is 19.0. The van der Waals surface area contributed by atoms with Crippen LogP contribution in [0.4, 0.5) is 11.4 Å². The minimum Gasteiger partial charge on any atom is -0.451 e. The van der Waals surface area contributed by atoms with E-state index >= 15 is 0 Å². The lowest BCUT2D eigenvalue weighted by Gasteiger charge is -2.35. The molecule has 1 fully saturated rings. The smallest absolute Gasteiger partial charge is 0.294 e.